The van der Waals surface area contributed by atoms with Gasteiger partial charge in [0, 0.05) is 49.4 Å². The highest BCUT2D eigenvalue weighted by Crippen LogP contribution is 2.32. The number of ether oxygens (including phenoxy) is 1. The molecule has 1 aliphatic heterocycles. The first kappa shape index (κ1) is 17.7. The summed E-state index contributed by atoms with van der Waals surface area (Å²) in [5, 5.41) is 9.90. The monoisotopic (exact) mass is 414 g/mol. The molecule has 1 aliphatic rings. The number of halogens is 2. The standard InChI is InChI=1S/C16H20BrFN4OS/c1-2-23-10-9-21-5-7-22(8-6-21)16-20-19-15(24-16)13-11-12(17)3-4-14(13)18/h3-4,11H,2,5-10H2,1H3. The van der Waals surface area contributed by atoms with E-state index in [0.29, 0.717) is 10.6 Å². The Kier molecular flexibility index (Phi) is 6.15. The van der Waals surface area contributed by atoms with E-state index in [-0.39, 0.29) is 5.82 Å². The molecule has 8 heteroatoms. The summed E-state index contributed by atoms with van der Waals surface area (Å²) in [7, 11) is 0. The lowest BCUT2D eigenvalue weighted by atomic mass is 10.2. The van der Waals surface area contributed by atoms with E-state index in [1.807, 2.05) is 6.92 Å². The zero-order chi connectivity index (χ0) is 16.9. The maximum atomic E-state index is 14.0. The Morgan fingerprint density at radius 3 is 2.79 bits per heavy atom. The third-order valence-electron chi connectivity index (χ3n) is 3.97. The van der Waals surface area contributed by atoms with Gasteiger partial charge in [-0.1, -0.05) is 27.3 Å². The van der Waals surface area contributed by atoms with Crippen LogP contribution in [-0.4, -0.2) is 61.0 Å². The van der Waals surface area contributed by atoms with Crippen LogP contribution in [0.2, 0.25) is 0 Å². The lowest BCUT2D eigenvalue weighted by Gasteiger charge is -2.34. The van der Waals surface area contributed by atoms with Gasteiger partial charge in [0.25, 0.3) is 0 Å². The van der Waals surface area contributed by atoms with Crippen molar-refractivity contribution in [3.63, 3.8) is 0 Å². The van der Waals surface area contributed by atoms with Crippen LogP contribution in [0, 0.1) is 5.82 Å². The second-order valence-electron chi connectivity index (χ2n) is 5.54. The van der Waals surface area contributed by atoms with E-state index in [0.717, 1.165) is 55.5 Å². The summed E-state index contributed by atoms with van der Waals surface area (Å²) in [6.45, 7) is 8.29. The van der Waals surface area contributed by atoms with Gasteiger partial charge in [-0.05, 0) is 25.1 Å². The highest BCUT2D eigenvalue weighted by atomic mass is 79.9. The summed E-state index contributed by atoms with van der Waals surface area (Å²) in [6, 6.07) is 4.87. The number of hydrogen-bond acceptors (Lipinski definition) is 6. The highest BCUT2D eigenvalue weighted by molar-refractivity contribution is 9.10. The molecule has 0 amide bonds. The fourth-order valence-corrected chi connectivity index (χ4v) is 3.89. The van der Waals surface area contributed by atoms with Gasteiger partial charge in [0.05, 0.1) is 6.61 Å². The minimum Gasteiger partial charge on any atom is -0.380 e. The van der Waals surface area contributed by atoms with Crippen LogP contribution in [0.1, 0.15) is 6.92 Å². The average molecular weight is 415 g/mol. The molecule has 0 radical (unpaired) electrons. The van der Waals surface area contributed by atoms with E-state index in [4.69, 9.17) is 4.74 Å². The number of rotatable bonds is 6. The van der Waals surface area contributed by atoms with E-state index >= 15 is 0 Å². The van der Waals surface area contributed by atoms with Gasteiger partial charge in [-0.15, -0.1) is 10.2 Å². The first-order valence-corrected chi connectivity index (χ1v) is 9.62. The van der Waals surface area contributed by atoms with Crippen molar-refractivity contribution in [1.82, 2.24) is 15.1 Å². The average Bonchev–Trinajstić information content (AvgIpc) is 3.08. The van der Waals surface area contributed by atoms with Crippen molar-refractivity contribution in [1.29, 1.82) is 0 Å². The molecule has 0 unspecified atom stereocenters. The van der Waals surface area contributed by atoms with Crippen LogP contribution in [0.25, 0.3) is 10.6 Å². The van der Waals surface area contributed by atoms with Crippen LogP contribution in [0.5, 0.6) is 0 Å². The number of piperazine rings is 1. The Morgan fingerprint density at radius 1 is 1.25 bits per heavy atom. The number of nitrogens with zero attached hydrogens (tertiary/aromatic N) is 4. The molecule has 0 N–H and O–H groups in total. The van der Waals surface area contributed by atoms with Gasteiger partial charge in [-0.2, -0.15) is 0 Å². The second kappa shape index (κ2) is 8.33. The van der Waals surface area contributed by atoms with Gasteiger partial charge in [0.15, 0.2) is 5.01 Å². The minimum absolute atomic E-state index is 0.276. The van der Waals surface area contributed by atoms with E-state index in [2.05, 4.69) is 35.9 Å². The molecule has 0 saturated carbocycles. The van der Waals surface area contributed by atoms with Crippen LogP contribution in [0.15, 0.2) is 22.7 Å². The van der Waals surface area contributed by atoms with E-state index in [9.17, 15) is 4.39 Å². The Bertz CT molecular complexity index is 676. The number of aromatic nitrogens is 2. The molecule has 1 fully saturated rings. The fourth-order valence-electron chi connectivity index (χ4n) is 2.61. The SMILES string of the molecule is CCOCCN1CCN(c2nnc(-c3cc(Br)ccc3F)s2)CC1. The Balaban J connectivity index is 1.61. The van der Waals surface area contributed by atoms with Crippen LogP contribution < -0.4 is 4.90 Å². The van der Waals surface area contributed by atoms with E-state index < -0.39 is 0 Å². The number of hydrogen-bond donors (Lipinski definition) is 0. The quantitative estimate of drug-likeness (QED) is 0.678. The summed E-state index contributed by atoms with van der Waals surface area (Å²) < 4.78 is 20.2. The molecule has 0 atom stereocenters. The number of anilines is 1. The molecule has 2 heterocycles. The zero-order valence-electron chi connectivity index (χ0n) is 13.5. The van der Waals surface area contributed by atoms with Gasteiger partial charge >= 0.3 is 0 Å². The molecular weight excluding hydrogens is 395 g/mol. The van der Waals surface area contributed by atoms with Gasteiger partial charge < -0.3 is 9.64 Å². The van der Waals surface area contributed by atoms with Crippen molar-refractivity contribution in [2.45, 2.75) is 6.92 Å². The Hall–Kier alpha value is -1.09. The normalized spacial score (nSPS) is 15.9. The molecule has 0 aliphatic carbocycles. The molecule has 1 aromatic heterocycles. The summed E-state index contributed by atoms with van der Waals surface area (Å²) in [6.07, 6.45) is 0. The molecule has 3 rings (SSSR count). The topological polar surface area (TPSA) is 41.5 Å². The largest absolute Gasteiger partial charge is 0.380 e. The van der Waals surface area contributed by atoms with Crippen molar-refractivity contribution in [3.8, 4) is 10.6 Å². The fraction of sp³-hybridized carbons (Fsp3) is 0.500. The third-order valence-corrected chi connectivity index (χ3v) is 5.48. The maximum Gasteiger partial charge on any atom is 0.208 e. The second-order valence-corrected chi connectivity index (χ2v) is 7.41. The maximum absolute atomic E-state index is 14.0. The first-order chi connectivity index (χ1) is 11.7. The van der Waals surface area contributed by atoms with Gasteiger partial charge in [0.1, 0.15) is 5.82 Å². The highest BCUT2D eigenvalue weighted by Gasteiger charge is 2.21. The predicted octanol–water partition coefficient (Wildman–Crippen LogP) is 3.27. The molecule has 0 bridgehead atoms. The van der Waals surface area contributed by atoms with Gasteiger partial charge in [0.2, 0.25) is 5.13 Å². The van der Waals surface area contributed by atoms with Crippen molar-refractivity contribution >= 4 is 32.4 Å². The molecule has 0 spiro atoms. The zero-order valence-corrected chi connectivity index (χ0v) is 15.9. The summed E-state index contributed by atoms with van der Waals surface area (Å²) in [5.41, 5.74) is 0.489. The Labute approximate surface area is 153 Å². The van der Waals surface area contributed by atoms with Crippen molar-refractivity contribution in [3.05, 3.63) is 28.5 Å². The van der Waals surface area contributed by atoms with Crippen molar-refractivity contribution < 1.29 is 9.13 Å². The molecule has 24 heavy (non-hydrogen) atoms. The third kappa shape index (κ3) is 4.30. The molecule has 130 valence electrons. The van der Waals surface area contributed by atoms with Crippen LogP contribution in [0.3, 0.4) is 0 Å². The smallest absolute Gasteiger partial charge is 0.208 e. The predicted molar refractivity (Wildman–Crippen MR) is 98.1 cm³/mol. The lowest BCUT2D eigenvalue weighted by Crippen LogP contribution is -2.47. The van der Waals surface area contributed by atoms with Crippen molar-refractivity contribution in [2.75, 3.05) is 50.8 Å². The summed E-state index contributed by atoms with van der Waals surface area (Å²) >= 11 is 4.81. The summed E-state index contributed by atoms with van der Waals surface area (Å²) in [5.74, 6) is -0.276. The molecule has 2 aromatic rings. The number of benzene rings is 1. The van der Waals surface area contributed by atoms with Gasteiger partial charge in [-0.25, -0.2) is 4.39 Å². The van der Waals surface area contributed by atoms with Crippen LogP contribution >= 0.6 is 27.3 Å². The molecule has 1 saturated heterocycles. The molecule has 1 aromatic carbocycles. The first-order valence-electron chi connectivity index (χ1n) is 8.01. The minimum atomic E-state index is -0.276. The Morgan fingerprint density at radius 2 is 2.04 bits per heavy atom. The van der Waals surface area contributed by atoms with Crippen molar-refractivity contribution in [2.24, 2.45) is 0 Å². The van der Waals surface area contributed by atoms with E-state index in [1.54, 1.807) is 12.1 Å². The van der Waals surface area contributed by atoms with Crippen LogP contribution in [0.4, 0.5) is 9.52 Å². The molecule has 5 nitrogen and oxygen atoms in total. The molecular formula is C16H20BrFN4OS. The van der Waals surface area contributed by atoms with Gasteiger partial charge in [-0.3, -0.25) is 4.90 Å². The lowest BCUT2D eigenvalue weighted by molar-refractivity contribution is 0.111. The summed E-state index contributed by atoms with van der Waals surface area (Å²) in [4.78, 5) is 4.61. The van der Waals surface area contributed by atoms with E-state index in [1.165, 1.54) is 17.4 Å². The van der Waals surface area contributed by atoms with Crippen LogP contribution in [-0.2, 0) is 4.74 Å².